The number of unbranched alkanes of at least 4 members (excludes halogenated alkanes) is 5. The summed E-state index contributed by atoms with van der Waals surface area (Å²) in [6, 6.07) is 0. The summed E-state index contributed by atoms with van der Waals surface area (Å²) in [7, 11) is 0. The topological polar surface area (TPSA) is 74.6 Å². The van der Waals surface area contributed by atoms with E-state index >= 15 is 0 Å². The minimum absolute atomic E-state index is 0.00547. The third kappa shape index (κ3) is 10.2. The average molecular weight is 381 g/mol. The van der Waals surface area contributed by atoms with Gasteiger partial charge in [0, 0.05) is 19.3 Å². The fourth-order valence-corrected chi connectivity index (χ4v) is 4.12. The Balaban J connectivity index is 2.32. The number of ketones is 2. The van der Waals surface area contributed by atoms with Gasteiger partial charge in [-0.3, -0.25) is 4.79 Å². The first kappa shape index (κ1) is 24.0. The molecule has 0 amide bonds. The van der Waals surface area contributed by atoms with Crippen LogP contribution in [0.4, 0.5) is 0 Å². The van der Waals surface area contributed by atoms with Gasteiger partial charge in [0.1, 0.15) is 11.6 Å². The summed E-state index contributed by atoms with van der Waals surface area (Å²) in [5.41, 5.74) is 0. The summed E-state index contributed by atoms with van der Waals surface area (Å²) in [6.07, 6.45) is 14.2. The molecule has 4 nitrogen and oxygen atoms in total. The van der Waals surface area contributed by atoms with E-state index in [-0.39, 0.29) is 17.6 Å². The Hall–Kier alpha value is -1.00. The molecule has 0 spiro atoms. The largest absolute Gasteiger partial charge is 0.393 e. The van der Waals surface area contributed by atoms with E-state index in [1.54, 1.807) is 6.92 Å². The van der Waals surface area contributed by atoms with Gasteiger partial charge in [-0.2, -0.15) is 0 Å². The summed E-state index contributed by atoms with van der Waals surface area (Å²) >= 11 is 0. The molecule has 0 aliphatic heterocycles. The zero-order chi connectivity index (χ0) is 20.1. The maximum Gasteiger partial charge on any atom is 0.132 e. The van der Waals surface area contributed by atoms with Crippen LogP contribution in [0.5, 0.6) is 0 Å². The first-order valence-electron chi connectivity index (χ1n) is 11.0. The lowest BCUT2D eigenvalue weighted by Crippen LogP contribution is -2.22. The summed E-state index contributed by atoms with van der Waals surface area (Å²) < 4.78 is 0. The van der Waals surface area contributed by atoms with Gasteiger partial charge in [0.25, 0.3) is 0 Å². The molecule has 4 heteroatoms. The third-order valence-corrected chi connectivity index (χ3v) is 5.81. The fourth-order valence-electron chi connectivity index (χ4n) is 4.12. The molecule has 2 N–H and O–H groups in total. The number of aliphatic hydroxyl groups excluding tert-OH is 2. The zero-order valence-electron chi connectivity index (χ0n) is 17.4. The zero-order valence-corrected chi connectivity index (χ0v) is 17.4. The lowest BCUT2D eigenvalue weighted by molar-refractivity contribution is -0.120. The second kappa shape index (κ2) is 14.1. The highest BCUT2D eigenvalue weighted by Crippen LogP contribution is 2.38. The molecule has 0 aromatic rings. The van der Waals surface area contributed by atoms with E-state index in [0.29, 0.717) is 37.9 Å². The van der Waals surface area contributed by atoms with E-state index in [1.165, 1.54) is 19.3 Å². The number of aliphatic hydroxyl groups is 2. The number of rotatable bonds is 15. The highest BCUT2D eigenvalue weighted by Gasteiger charge is 2.40. The van der Waals surface area contributed by atoms with E-state index in [0.717, 1.165) is 32.1 Å². The summed E-state index contributed by atoms with van der Waals surface area (Å²) in [5.74, 6) is 0.541. The molecule has 0 bridgehead atoms. The molecule has 1 aliphatic carbocycles. The Bertz CT molecular complexity index is 457. The summed E-state index contributed by atoms with van der Waals surface area (Å²) in [4.78, 5) is 23.1. The molecule has 1 aliphatic rings. The first-order valence-corrected chi connectivity index (χ1v) is 11.0. The molecule has 0 aromatic carbocycles. The molecule has 0 saturated heterocycles. The van der Waals surface area contributed by atoms with Crippen molar-refractivity contribution < 1.29 is 19.8 Å². The van der Waals surface area contributed by atoms with Crippen LogP contribution in [0.2, 0.25) is 0 Å². The Morgan fingerprint density at radius 2 is 1.59 bits per heavy atom. The van der Waals surface area contributed by atoms with E-state index in [4.69, 9.17) is 0 Å². The van der Waals surface area contributed by atoms with Crippen LogP contribution in [0.3, 0.4) is 0 Å². The molecule has 0 unspecified atom stereocenters. The third-order valence-electron chi connectivity index (χ3n) is 5.81. The van der Waals surface area contributed by atoms with Crippen molar-refractivity contribution in [2.24, 2.45) is 11.8 Å². The molecular formula is C23H40O4. The molecule has 0 heterocycles. The van der Waals surface area contributed by atoms with E-state index in [9.17, 15) is 19.8 Å². The van der Waals surface area contributed by atoms with E-state index in [2.05, 4.69) is 19.1 Å². The Morgan fingerprint density at radius 3 is 2.30 bits per heavy atom. The van der Waals surface area contributed by atoms with Gasteiger partial charge in [0.15, 0.2) is 0 Å². The number of hydrogen-bond donors (Lipinski definition) is 2. The van der Waals surface area contributed by atoms with Gasteiger partial charge in [-0.05, 0) is 57.3 Å². The van der Waals surface area contributed by atoms with E-state index < -0.39 is 12.2 Å². The van der Waals surface area contributed by atoms with Crippen LogP contribution in [0.25, 0.3) is 0 Å². The highest BCUT2D eigenvalue weighted by atomic mass is 16.3. The summed E-state index contributed by atoms with van der Waals surface area (Å²) in [5, 5.41) is 20.6. The van der Waals surface area contributed by atoms with Crippen molar-refractivity contribution in [3.8, 4) is 0 Å². The van der Waals surface area contributed by atoms with Crippen molar-refractivity contribution in [3.63, 3.8) is 0 Å². The van der Waals surface area contributed by atoms with Crippen LogP contribution in [0.1, 0.15) is 97.3 Å². The lowest BCUT2D eigenvalue weighted by atomic mass is 9.86. The number of carbonyl (C=O) groups excluding carboxylic acids is 2. The van der Waals surface area contributed by atoms with Crippen LogP contribution >= 0.6 is 0 Å². The van der Waals surface area contributed by atoms with Gasteiger partial charge in [-0.25, -0.2) is 0 Å². The van der Waals surface area contributed by atoms with Gasteiger partial charge in [0.2, 0.25) is 0 Å². The van der Waals surface area contributed by atoms with Crippen molar-refractivity contribution >= 4 is 11.6 Å². The molecule has 0 aromatic heterocycles. The predicted octanol–water partition coefficient (Wildman–Crippen LogP) is 4.76. The SMILES string of the molecule is CCCCCCCC(=O)CC[C@@H]1[C@@H](C/C=C\CCCC(C)=O)[C@@H](O)C[C@H]1O. The molecular weight excluding hydrogens is 340 g/mol. The maximum absolute atomic E-state index is 12.1. The van der Waals surface area contributed by atoms with Crippen LogP contribution < -0.4 is 0 Å². The van der Waals surface area contributed by atoms with Crippen LogP contribution in [-0.4, -0.2) is 34.0 Å². The molecule has 1 rings (SSSR count). The molecule has 27 heavy (non-hydrogen) atoms. The Labute approximate surface area is 165 Å². The second-order valence-electron chi connectivity index (χ2n) is 8.24. The van der Waals surface area contributed by atoms with Crippen LogP contribution in [0, 0.1) is 11.8 Å². The second-order valence-corrected chi connectivity index (χ2v) is 8.24. The number of allylic oxidation sites excluding steroid dienone is 2. The maximum atomic E-state index is 12.1. The van der Waals surface area contributed by atoms with E-state index in [1.807, 2.05) is 0 Å². The highest BCUT2D eigenvalue weighted by molar-refractivity contribution is 5.78. The molecule has 1 fully saturated rings. The minimum Gasteiger partial charge on any atom is -0.393 e. The van der Waals surface area contributed by atoms with Crippen molar-refractivity contribution in [1.82, 2.24) is 0 Å². The van der Waals surface area contributed by atoms with Crippen LogP contribution in [0.15, 0.2) is 12.2 Å². The average Bonchev–Trinajstić information content (AvgIpc) is 2.88. The van der Waals surface area contributed by atoms with Gasteiger partial charge in [0.05, 0.1) is 12.2 Å². The molecule has 0 radical (unpaired) electrons. The number of Topliss-reactive ketones (excluding diaryl/α,β-unsaturated/α-hetero) is 2. The minimum atomic E-state index is -0.506. The van der Waals surface area contributed by atoms with Crippen LogP contribution in [-0.2, 0) is 9.59 Å². The molecule has 4 atom stereocenters. The molecule has 156 valence electrons. The Kier molecular flexibility index (Phi) is 12.5. The first-order chi connectivity index (χ1) is 13.0. The van der Waals surface area contributed by atoms with Crippen molar-refractivity contribution in [3.05, 3.63) is 12.2 Å². The van der Waals surface area contributed by atoms with Gasteiger partial charge >= 0.3 is 0 Å². The standard InChI is InChI=1S/C23H40O4/c1-3-4-5-6-10-13-19(25)15-16-21-20(22(26)17-23(21)27)14-11-8-7-9-12-18(2)24/h8,11,20-23,26-27H,3-7,9-10,12-17H2,1-2H3/b11-8-/t20-,21-,22+,23-/m1/s1. The fraction of sp³-hybridized carbons (Fsp3) is 0.826. The Morgan fingerprint density at radius 1 is 0.889 bits per heavy atom. The molecule has 1 saturated carbocycles. The number of hydrogen-bond acceptors (Lipinski definition) is 4. The van der Waals surface area contributed by atoms with Gasteiger partial charge < -0.3 is 15.0 Å². The lowest BCUT2D eigenvalue weighted by Gasteiger charge is -2.22. The van der Waals surface area contributed by atoms with Gasteiger partial charge in [-0.1, -0.05) is 44.8 Å². The normalized spacial score (nSPS) is 25.3. The predicted molar refractivity (Wildman–Crippen MR) is 110 cm³/mol. The number of carbonyl (C=O) groups is 2. The van der Waals surface area contributed by atoms with Crippen molar-refractivity contribution in [1.29, 1.82) is 0 Å². The monoisotopic (exact) mass is 380 g/mol. The van der Waals surface area contributed by atoms with Crippen molar-refractivity contribution in [2.75, 3.05) is 0 Å². The van der Waals surface area contributed by atoms with Gasteiger partial charge in [-0.15, -0.1) is 0 Å². The smallest absolute Gasteiger partial charge is 0.132 e. The summed E-state index contributed by atoms with van der Waals surface area (Å²) in [6.45, 7) is 3.79. The quantitative estimate of drug-likeness (QED) is 0.317. The van der Waals surface area contributed by atoms with Crippen molar-refractivity contribution in [2.45, 2.75) is 110 Å².